The van der Waals surface area contributed by atoms with Crippen molar-refractivity contribution in [3.05, 3.63) is 63.4 Å². The molecule has 0 unspecified atom stereocenters. The molecular formula is C14H9Cl2FO3. The van der Waals surface area contributed by atoms with Gasteiger partial charge < -0.3 is 9.84 Å². The molecule has 6 heteroatoms. The van der Waals surface area contributed by atoms with Crippen LogP contribution in [0.2, 0.25) is 10.0 Å². The van der Waals surface area contributed by atoms with Crippen LogP contribution < -0.4 is 4.74 Å². The molecular weight excluding hydrogens is 306 g/mol. The minimum Gasteiger partial charge on any atom is -0.489 e. The molecule has 3 nitrogen and oxygen atoms in total. The second kappa shape index (κ2) is 6.11. The predicted molar refractivity (Wildman–Crippen MR) is 74.2 cm³/mol. The van der Waals surface area contributed by atoms with Crippen molar-refractivity contribution in [3.63, 3.8) is 0 Å². The molecule has 0 aliphatic heterocycles. The van der Waals surface area contributed by atoms with Crippen molar-refractivity contribution in [2.24, 2.45) is 0 Å². The zero-order valence-electron chi connectivity index (χ0n) is 10.1. The monoisotopic (exact) mass is 314 g/mol. The van der Waals surface area contributed by atoms with E-state index in [1.54, 1.807) is 6.07 Å². The summed E-state index contributed by atoms with van der Waals surface area (Å²) < 4.78 is 18.3. The fourth-order valence-electron chi connectivity index (χ4n) is 1.56. The van der Waals surface area contributed by atoms with E-state index in [0.717, 1.165) is 0 Å². The summed E-state index contributed by atoms with van der Waals surface area (Å²) in [7, 11) is 0. The highest BCUT2D eigenvalue weighted by atomic mass is 35.5. The van der Waals surface area contributed by atoms with E-state index in [4.69, 9.17) is 33.0 Å². The maximum atomic E-state index is 12.9. The molecule has 20 heavy (non-hydrogen) atoms. The summed E-state index contributed by atoms with van der Waals surface area (Å²) in [5.74, 6) is -1.23. The summed E-state index contributed by atoms with van der Waals surface area (Å²) in [4.78, 5) is 10.9. The van der Waals surface area contributed by atoms with E-state index in [1.807, 2.05) is 0 Å². The Balaban J connectivity index is 2.15. The van der Waals surface area contributed by atoms with Gasteiger partial charge in [0, 0.05) is 5.56 Å². The van der Waals surface area contributed by atoms with Crippen molar-refractivity contribution in [1.82, 2.24) is 0 Å². The van der Waals surface area contributed by atoms with Crippen molar-refractivity contribution in [2.45, 2.75) is 6.61 Å². The van der Waals surface area contributed by atoms with Crippen LogP contribution >= 0.6 is 23.2 Å². The van der Waals surface area contributed by atoms with Gasteiger partial charge in [0.15, 0.2) is 0 Å². The van der Waals surface area contributed by atoms with Crippen LogP contribution in [0.5, 0.6) is 5.75 Å². The Morgan fingerprint density at radius 2 is 1.90 bits per heavy atom. The lowest BCUT2D eigenvalue weighted by atomic mass is 10.2. The Morgan fingerprint density at radius 3 is 2.55 bits per heavy atom. The Hall–Kier alpha value is -1.78. The number of ether oxygens (including phenoxy) is 1. The maximum Gasteiger partial charge on any atom is 0.337 e. The first kappa shape index (κ1) is 14.6. The van der Waals surface area contributed by atoms with E-state index in [9.17, 15) is 9.18 Å². The number of halogens is 3. The normalized spacial score (nSPS) is 10.3. The average molecular weight is 315 g/mol. The fraction of sp³-hybridized carbons (Fsp3) is 0.0714. The number of aromatic carboxylic acids is 1. The standard InChI is InChI=1S/C14H9Cl2FO3/c15-12-4-3-10(6-11(12)14(18)19)20-7-8-1-2-9(17)5-13(8)16/h1-6H,7H2,(H,18,19). The first-order valence-corrected chi connectivity index (χ1v) is 6.32. The van der Waals surface area contributed by atoms with Crippen LogP contribution in [0.25, 0.3) is 0 Å². The quantitative estimate of drug-likeness (QED) is 0.909. The topological polar surface area (TPSA) is 46.5 Å². The zero-order valence-corrected chi connectivity index (χ0v) is 11.6. The number of benzene rings is 2. The predicted octanol–water partition coefficient (Wildman–Crippen LogP) is 4.41. The molecule has 1 N–H and O–H groups in total. The lowest BCUT2D eigenvalue weighted by Crippen LogP contribution is -2.00. The van der Waals surface area contributed by atoms with Crippen LogP contribution in [0.4, 0.5) is 4.39 Å². The third-order valence-corrected chi connectivity index (χ3v) is 3.26. The van der Waals surface area contributed by atoms with Crippen LogP contribution in [0.3, 0.4) is 0 Å². The SMILES string of the molecule is O=C(O)c1cc(OCc2ccc(F)cc2Cl)ccc1Cl. The second-order valence-electron chi connectivity index (χ2n) is 3.97. The van der Waals surface area contributed by atoms with E-state index >= 15 is 0 Å². The Bertz CT molecular complexity index is 659. The van der Waals surface area contributed by atoms with Crippen LogP contribution in [0, 0.1) is 5.82 Å². The molecule has 0 atom stereocenters. The smallest absolute Gasteiger partial charge is 0.337 e. The molecule has 0 saturated heterocycles. The van der Waals surface area contributed by atoms with Crippen molar-refractivity contribution in [2.75, 3.05) is 0 Å². The highest BCUT2D eigenvalue weighted by Crippen LogP contribution is 2.24. The van der Waals surface area contributed by atoms with Crippen molar-refractivity contribution < 1.29 is 19.0 Å². The minimum atomic E-state index is -1.14. The summed E-state index contributed by atoms with van der Waals surface area (Å²) in [6.45, 7) is 0.0970. The number of hydrogen-bond acceptors (Lipinski definition) is 2. The van der Waals surface area contributed by atoms with Gasteiger partial charge in [0.2, 0.25) is 0 Å². The molecule has 0 spiro atoms. The number of rotatable bonds is 4. The fourth-order valence-corrected chi connectivity index (χ4v) is 1.98. The summed E-state index contributed by atoms with van der Waals surface area (Å²) in [5, 5.41) is 9.32. The Morgan fingerprint density at radius 1 is 1.15 bits per heavy atom. The lowest BCUT2D eigenvalue weighted by molar-refractivity contribution is 0.0696. The van der Waals surface area contributed by atoms with Gasteiger partial charge in [0.25, 0.3) is 0 Å². The van der Waals surface area contributed by atoms with Gasteiger partial charge in [-0.25, -0.2) is 9.18 Å². The molecule has 0 saturated carbocycles. The third kappa shape index (κ3) is 3.40. The van der Waals surface area contributed by atoms with Crippen LogP contribution in [0.1, 0.15) is 15.9 Å². The van der Waals surface area contributed by atoms with Gasteiger partial charge in [-0.2, -0.15) is 0 Å². The first-order valence-electron chi connectivity index (χ1n) is 5.57. The number of carbonyl (C=O) groups is 1. The van der Waals surface area contributed by atoms with Gasteiger partial charge in [-0.05, 0) is 30.3 Å². The van der Waals surface area contributed by atoms with E-state index in [-0.39, 0.29) is 22.2 Å². The highest BCUT2D eigenvalue weighted by Gasteiger charge is 2.10. The lowest BCUT2D eigenvalue weighted by Gasteiger charge is -2.09. The highest BCUT2D eigenvalue weighted by molar-refractivity contribution is 6.33. The van der Waals surface area contributed by atoms with Crippen LogP contribution in [-0.2, 0) is 6.61 Å². The Labute approximate surface area is 124 Å². The van der Waals surface area contributed by atoms with E-state index in [0.29, 0.717) is 11.3 Å². The minimum absolute atomic E-state index is 0.0469. The van der Waals surface area contributed by atoms with Gasteiger partial charge in [0.1, 0.15) is 18.2 Å². The molecule has 0 aliphatic carbocycles. The molecule has 2 aromatic rings. The summed E-state index contributed by atoms with van der Waals surface area (Å²) in [6, 6.07) is 8.27. The average Bonchev–Trinajstić information content (AvgIpc) is 2.39. The van der Waals surface area contributed by atoms with Crippen molar-refractivity contribution in [1.29, 1.82) is 0 Å². The van der Waals surface area contributed by atoms with Gasteiger partial charge in [-0.1, -0.05) is 29.3 Å². The molecule has 0 amide bonds. The molecule has 0 aliphatic rings. The van der Waals surface area contributed by atoms with Gasteiger partial charge >= 0.3 is 5.97 Å². The molecule has 0 heterocycles. The molecule has 0 radical (unpaired) electrons. The van der Waals surface area contributed by atoms with Gasteiger partial charge in [-0.3, -0.25) is 0 Å². The van der Waals surface area contributed by atoms with Crippen LogP contribution in [0.15, 0.2) is 36.4 Å². The molecule has 0 bridgehead atoms. The molecule has 2 rings (SSSR count). The van der Waals surface area contributed by atoms with E-state index < -0.39 is 11.8 Å². The molecule has 2 aromatic carbocycles. The molecule has 0 aromatic heterocycles. The zero-order chi connectivity index (χ0) is 14.7. The largest absolute Gasteiger partial charge is 0.489 e. The van der Waals surface area contributed by atoms with Crippen LogP contribution in [-0.4, -0.2) is 11.1 Å². The summed E-state index contributed by atoms with van der Waals surface area (Å²) >= 11 is 11.6. The Kier molecular flexibility index (Phi) is 4.47. The van der Waals surface area contributed by atoms with E-state index in [1.165, 1.54) is 30.3 Å². The molecule has 104 valence electrons. The van der Waals surface area contributed by atoms with Crippen molar-refractivity contribution >= 4 is 29.2 Å². The number of hydrogen-bond donors (Lipinski definition) is 1. The van der Waals surface area contributed by atoms with Crippen molar-refractivity contribution in [3.8, 4) is 5.75 Å². The maximum absolute atomic E-state index is 12.9. The van der Waals surface area contributed by atoms with E-state index in [2.05, 4.69) is 0 Å². The van der Waals surface area contributed by atoms with Gasteiger partial charge in [-0.15, -0.1) is 0 Å². The second-order valence-corrected chi connectivity index (χ2v) is 4.79. The third-order valence-electron chi connectivity index (χ3n) is 2.58. The number of carboxylic acids is 1. The summed E-state index contributed by atoms with van der Waals surface area (Å²) in [6.07, 6.45) is 0. The molecule has 0 fully saturated rings. The number of carboxylic acid groups (broad SMARTS) is 1. The first-order chi connectivity index (χ1) is 9.47. The summed E-state index contributed by atoms with van der Waals surface area (Å²) in [5.41, 5.74) is 0.550. The van der Waals surface area contributed by atoms with Gasteiger partial charge in [0.05, 0.1) is 15.6 Å².